The largest absolute Gasteiger partial charge is 0.325 e. The molecule has 5 nitrogen and oxygen atoms in total. The number of nitrogens with zero attached hydrogens (tertiary/aromatic N) is 3. The van der Waals surface area contributed by atoms with Crippen LogP contribution in [0.4, 0.5) is 0 Å². The van der Waals surface area contributed by atoms with Crippen LogP contribution < -0.4 is 5.32 Å². The van der Waals surface area contributed by atoms with Crippen LogP contribution >= 0.6 is 23.4 Å². The highest BCUT2D eigenvalue weighted by molar-refractivity contribution is 8.13. The van der Waals surface area contributed by atoms with E-state index < -0.39 is 12.1 Å². The summed E-state index contributed by atoms with van der Waals surface area (Å²) in [6.07, 6.45) is 1.32. The lowest BCUT2D eigenvalue weighted by Gasteiger charge is -2.15. The SMILES string of the molecule is CSC1=NC2N=NC(=O)C2=C(Cl)N1. The topological polar surface area (TPSA) is 66.2 Å². The lowest BCUT2D eigenvalue weighted by molar-refractivity contribution is -0.114. The van der Waals surface area contributed by atoms with Crippen molar-refractivity contribution in [3.63, 3.8) is 0 Å². The maximum atomic E-state index is 11.1. The number of azo groups is 1. The van der Waals surface area contributed by atoms with Gasteiger partial charge in [0.1, 0.15) is 10.7 Å². The first-order chi connectivity index (χ1) is 6.22. The van der Waals surface area contributed by atoms with E-state index in [9.17, 15) is 4.79 Å². The summed E-state index contributed by atoms with van der Waals surface area (Å²) in [5.41, 5.74) is 0.333. The van der Waals surface area contributed by atoms with Crippen LogP contribution in [0.15, 0.2) is 26.0 Å². The number of halogens is 1. The van der Waals surface area contributed by atoms with E-state index in [0.717, 1.165) is 0 Å². The van der Waals surface area contributed by atoms with Gasteiger partial charge in [-0.3, -0.25) is 4.79 Å². The summed E-state index contributed by atoms with van der Waals surface area (Å²) in [5, 5.41) is 10.8. The smallest absolute Gasteiger partial charge is 0.298 e. The van der Waals surface area contributed by atoms with Crippen molar-refractivity contribution >= 4 is 34.4 Å². The molecule has 2 rings (SSSR count). The summed E-state index contributed by atoms with van der Waals surface area (Å²) in [5.74, 6) is -0.411. The Morgan fingerprint density at radius 1 is 1.62 bits per heavy atom. The number of nitrogens with one attached hydrogen (secondary N) is 1. The zero-order chi connectivity index (χ0) is 9.42. The number of hydrogen-bond acceptors (Lipinski definition) is 5. The van der Waals surface area contributed by atoms with Gasteiger partial charge in [-0.05, 0) is 6.26 Å². The monoisotopic (exact) mass is 216 g/mol. The van der Waals surface area contributed by atoms with Gasteiger partial charge in [0.15, 0.2) is 11.3 Å². The van der Waals surface area contributed by atoms with E-state index in [-0.39, 0.29) is 5.16 Å². The minimum atomic E-state index is -0.538. The molecule has 2 heterocycles. The average Bonchev–Trinajstić information content (AvgIpc) is 2.48. The molecule has 0 saturated carbocycles. The Balaban J connectivity index is 2.37. The number of carbonyl (C=O) groups is 1. The third kappa shape index (κ3) is 1.36. The lowest BCUT2D eigenvalue weighted by atomic mass is 10.2. The number of thioether (sulfide) groups is 1. The number of amides is 1. The van der Waals surface area contributed by atoms with Crippen molar-refractivity contribution in [1.82, 2.24) is 5.32 Å². The fraction of sp³-hybridized carbons (Fsp3) is 0.333. The molecule has 0 saturated heterocycles. The minimum absolute atomic E-state index is 0.277. The van der Waals surface area contributed by atoms with Gasteiger partial charge in [0.05, 0.1) is 0 Å². The molecule has 0 aliphatic carbocycles. The third-order valence-electron chi connectivity index (χ3n) is 1.63. The van der Waals surface area contributed by atoms with Crippen molar-refractivity contribution in [1.29, 1.82) is 0 Å². The second kappa shape index (κ2) is 3.12. The molecule has 2 aliphatic heterocycles. The molecule has 0 spiro atoms. The predicted octanol–water partition coefficient (Wildman–Crippen LogP) is 1.08. The van der Waals surface area contributed by atoms with Gasteiger partial charge in [0.25, 0.3) is 5.91 Å². The number of amidine groups is 1. The number of rotatable bonds is 0. The lowest BCUT2D eigenvalue weighted by Crippen LogP contribution is -2.28. The quantitative estimate of drug-likeness (QED) is 0.616. The van der Waals surface area contributed by atoms with Crippen LogP contribution in [0.5, 0.6) is 0 Å². The molecular weight excluding hydrogens is 212 g/mol. The molecule has 68 valence electrons. The highest BCUT2D eigenvalue weighted by atomic mass is 35.5. The van der Waals surface area contributed by atoms with Crippen molar-refractivity contribution in [3.8, 4) is 0 Å². The molecule has 1 amide bonds. The molecule has 0 bridgehead atoms. The van der Waals surface area contributed by atoms with E-state index >= 15 is 0 Å². The highest BCUT2D eigenvalue weighted by Crippen LogP contribution is 2.27. The van der Waals surface area contributed by atoms with E-state index in [4.69, 9.17) is 11.6 Å². The van der Waals surface area contributed by atoms with Gasteiger partial charge in [-0.15, -0.1) is 5.11 Å². The molecule has 0 aromatic rings. The Bertz CT molecular complexity index is 362. The Morgan fingerprint density at radius 2 is 2.38 bits per heavy atom. The minimum Gasteiger partial charge on any atom is -0.325 e. The first-order valence-corrected chi connectivity index (χ1v) is 5.06. The molecule has 1 atom stereocenters. The fourth-order valence-corrected chi connectivity index (χ4v) is 1.77. The first kappa shape index (κ1) is 8.71. The third-order valence-corrected chi connectivity index (χ3v) is 2.52. The van der Waals surface area contributed by atoms with Crippen molar-refractivity contribution in [2.24, 2.45) is 15.2 Å². The Morgan fingerprint density at radius 3 is 3.08 bits per heavy atom. The van der Waals surface area contributed by atoms with Crippen LogP contribution in [-0.4, -0.2) is 23.5 Å². The van der Waals surface area contributed by atoms with Gasteiger partial charge in [0.2, 0.25) is 0 Å². The van der Waals surface area contributed by atoms with E-state index in [1.807, 2.05) is 6.26 Å². The fourth-order valence-electron chi connectivity index (χ4n) is 1.04. The second-order valence-corrected chi connectivity index (χ2v) is 3.56. The molecule has 0 radical (unpaired) electrons. The molecular formula is C6H5ClN4OS. The zero-order valence-corrected chi connectivity index (χ0v) is 8.19. The summed E-state index contributed by atoms with van der Waals surface area (Å²) < 4.78 is 0. The highest BCUT2D eigenvalue weighted by Gasteiger charge is 2.33. The average molecular weight is 217 g/mol. The zero-order valence-electron chi connectivity index (χ0n) is 6.61. The van der Waals surface area contributed by atoms with E-state index in [0.29, 0.717) is 10.7 Å². The maximum absolute atomic E-state index is 11.1. The van der Waals surface area contributed by atoms with E-state index in [2.05, 4.69) is 20.5 Å². The standard InChI is InChI=1S/C6H5ClN4OS/c1-13-6-8-3(7)2-4(9-6)10-11-5(2)12/h4H,1H3,(H,8,9). The van der Waals surface area contributed by atoms with Crippen molar-refractivity contribution < 1.29 is 4.79 Å². The Kier molecular flexibility index (Phi) is 2.09. The number of fused-ring (bicyclic) bond motifs is 1. The van der Waals surface area contributed by atoms with Crippen molar-refractivity contribution in [2.45, 2.75) is 6.17 Å². The summed E-state index contributed by atoms with van der Waals surface area (Å²) in [7, 11) is 0. The van der Waals surface area contributed by atoms with Crippen LogP contribution in [0.2, 0.25) is 0 Å². The van der Waals surface area contributed by atoms with Crippen LogP contribution in [0.1, 0.15) is 0 Å². The van der Waals surface area contributed by atoms with E-state index in [1.165, 1.54) is 11.8 Å². The van der Waals surface area contributed by atoms with Crippen LogP contribution in [0.3, 0.4) is 0 Å². The van der Waals surface area contributed by atoms with E-state index in [1.54, 1.807) is 0 Å². The second-order valence-electron chi connectivity index (χ2n) is 2.39. The summed E-state index contributed by atoms with van der Waals surface area (Å²) in [6, 6.07) is 0. The normalized spacial score (nSPS) is 25.8. The summed E-state index contributed by atoms with van der Waals surface area (Å²) >= 11 is 7.23. The Labute approximate surface area is 83.3 Å². The first-order valence-electron chi connectivity index (χ1n) is 3.46. The molecule has 1 unspecified atom stereocenters. The predicted molar refractivity (Wildman–Crippen MR) is 50.6 cm³/mol. The Hall–Kier alpha value is -0.880. The summed E-state index contributed by atoms with van der Waals surface area (Å²) in [4.78, 5) is 15.2. The van der Waals surface area contributed by atoms with Crippen molar-refractivity contribution in [2.75, 3.05) is 6.26 Å². The van der Waals surface area contributed by atoms with Gasteiger partial charge in [-0.25, -0.2) is 4.99 Å². The number of aliphatic imine (C=N–C) groups is 1. The molecule has 1 N–H and O–H groups in total. The summed E-state index contributed by atoms with van der Waals surface area (Å²) in [6.45, 7) is 0. The van der Waals surface area contributed by atoms with Gasteiger partial charge in [0, 0.05) is 0 Å². The molecule has 0 aromatic carbocycles. The van der Waals surface area contributed by atoms with Gasteiger partial charge < -0.3 is 5.32 Å². The molecule has 7 heteroatoms. The molecule has 0 fully saturated rings. The van der Waals surface area contributed by atoms with Gasteiger partial charge in [-0.1, -0.05) is 23.4 Å². The number of hydrogen-bond donors (Lipinski definition) is 1. The van der Waals surface area contributed by atoms with Crippen molar-refractivity contribution in [3.05, 3.63) is 10.7 Å². The molecule has 13 heavy (non-hydrogen) atoms. The van der Waals surface area contributed by atoms with Crippen LogP contribution in [0, 0.1) is 0 Å². The van der Waals surface area contributed by atoms with Gasteiger partial charge >= 0.3 is 0 Å². The molecule has 0 aromatic heterocycles. The molecule has 2 aliphatic rings. The van der Waals surface area contributed by atoms with Crippen LogP contribution in [-0.2, 0) is 4.79 Å². The number of carbonyl (C=O) groups excluding carboxylic acids is 1. The maximum Gasteiger partial charge on any atom is 0.298 e. The van der Waals surface area contributed by atoms with Crippen LogP contribution in [0.25, 0.3) is 0 Å². The van der Waals surface area contributed by atoms with Gasteiger partial charge in [-0.2, -0.15) is 5.11 Å².